The molecule has 0 aliphatic heterocycles. The Balaban J connectivity index is 2.67. The van der Waals surface area contributed by atoms with Crippen molar-refractivity contribution in [2.45, 2.75) is 26.3 Å². The van der Waals surface area contributed by atoms with Gasteiger partial charge in [-0.2, -0.15) is 0 Å². The summed E-state index contributed by atoms with van der Waals surface area (Å²) in [5.41, 5.74) is 0.429. The van der Waals surface area contributed by atoms with Crippen molar-refractivity contribution in [1.82, 2.24) is 4.90 Å². The quantitative estimate of drug-likeness (QED) is 0.608. The summed E-state index contributed by atoms with van der Waals surface area (Å²) < 4.78 is 0. The molecule has 1 unspecified atom stereocenters. The van der Waals surface area contributed by atoms with E-state index >= 15 is 0 Å². The summed E-state index contributed by atoms with van der Waals surface area (Å²) in [6.45, 7) is 5.79. The number of hydrogen-bond donors (Lipinski definition) is 1. The Morgan fingerprint density at radius 1 is 1.40 bits per heavy atom. The van der Waals surface area contributed by atoms with Crippen LogP contribution in [0.1, 0.15) is 20.3 Å². The van der Waals surface area contributed by atoms with Crippen LogP contribution in [0.3, 0.4) is 0 Å². The van der Waals surface area contributed by atoms with Gasteiger partial charge in [-0.3, -0.25) is 10.1 Å². The van der Waals surface area contributed by atoms with E-state index in [0.717, 1.165) is 13.0 Å². The lowest BCUT2D eigenvalue weighted by Crippen LogP contribution is -2.32. The summed E-state index contributed by atoms with van der Waals surface area (Å²) in [6.07, 6.45) is 1.08. The van der Waals surface area contributed by atoms with Crippen LogP contribution in [0.2, 0.25) is 10.0 Å². The summed E-state index contributed by atoms with van der Waals surface area (Å²) in [7, 11) is 2.05. The lowest BCUT2D eigenvalue weighted by molar-refractivity contribution is -0.384. The first-order valence-corrected chi connectivity index (χ1v) is 7.20. The molecule has 0 amide bonds. The highest BCUT2D eigenvalue weighted by atomic mass is 35.5. The van der Waals surface area contributed by atoms with Gasteiger partial charge in [0.25, 0.3) is 5.69 Å². The predicted octanol–water partition coefficient (Wildman–Crippen LogP) is 4.04. The standard InChI is InChI=1S/C13H19Cl2N3O2/c1-4-9(2)17(3)6-5-16-13-11(14)7-10(18(19)20)8-12(13)15/h7-9,16H,4-6H2,1-3H3. The highest BCUT2D eigenvalue weighted by molar-refractivity contribution is 6.39. The molecule has 1 rings (SSSR count). The summed E-state index contributed by atoms with van der Waals surface area (Å²) in [5, 5.41) is 14.3. The highest BCUT2D eigenvalue weighted by Gasteiger charge is 2.14. The smallest absolute Gasteiger partial charge is 0.272 e. The van der Waals surface area contributed by atoms with E-state index in [1.165, 1.54) is 12.1 Å². The molecule has 112 valence electrons. The number of halogens is 2. The Morgan fingerprint density at radius 2 is 1.95 bits per heavy atom. The molecule has 7 heteroatoms. The molecule has 0 radical (unpaired) electrons. The lowest BCUT2D eigenvalue weighted by atomic mass is 10.2. The number of rotatable bonds is 7. The van der Waals surface area contributed by atoms with Gasteiger partial charge >= 0.3 is 0 Å². The number of likely N-dealkylation sites (N-methyl/N-ethyl adjacent to an activating group) is 1. The van der Waals surface area contributed by atoms with Gasteiger partial charge in [0.05, 0.1) is 20.7 Å². The Hall–Kier alpha value is -1.04. The molecule has 0 aliphatic carbocycles. The minimum Gasteiger partial charge on any atom is -0.381 e. The van der Waals surface area contributed by atoms with Crippen LogP contribution in [0.4, 0.5) is 11.4 Å². The van der Waals surface area contributed by atoms with Crippen molar-refractivity contribution < 1.29 is 4.92 Å². The summed E-state index contributed by atoms with van der Waals surface area (Å²) in [4.78, 5) is 12.4. The van der Waals surface area contributed by atoms with Crippen molar-refractivity contribution in [1.29, 1.82) is 0 Å². The Bertz CT molecular complexity index is 460. The number of nitro groups is 1. The predicted molar refractivity (Wildman–Crippen MR) is 84.0 cm³/mol. The van der Waals surface area contributed by atoms with Crippen LogP contribution in [0.15, 0.2) is 12.1 Å². The second kappa shape index (κ2) is 7.67. The maximum atomic E-state index is 10.7. The normalized spacial score (nSPS) is 12.5. The van der Waals surface area contributed by atoms with Gasteiger partial charge in [0.2, 0.25) is 0 Å². The molecular weight excluding hydrogens is 301 g/mol. The molecule has 1 atom stereocenters. The average molecular weight is 320 g/mol. The van der Waals surface area contributed by atoms with E-state index in [4.69, 9.17) is 23.2 Å². The minimum atomic E-state index is -0.516. The third kappa shape index (κ3) is 4.51. The van der Waals surface area contributed by atoms with Crippen LogP contribution < -0.4 is 5.32 Å². The molecular formula is C13H19Cl2N3O2. The molecule has 5 nitrogen and oxygen atoms in total. The van der Waals surface area contributed by atoms with Crippen molar-refractivity contribution in [2.24, 2.45) is 0 Å². The molecule has 0 heterocycles. The van der Waals surface area contributed by atoms with Gasteiger partial charge in [-0.15, -0.1) is 0 Å². The third-order valence-corrected chi connectivity index (χ3v) is 3.94. The third-order valence-electron chi connectivity index (χ3n) is 3.35. The number of benzene rings is 1. The van der Waals surface area contributed by atoms with Crippen LogP contribution in [-0.2, 0) is 0 Å². The van der Waals surface area contributed by atoms with E-state index in [1.807, 2.05) is 0 Å². The largest absolute Gasteiger partial charge is 0.381 e. The minimum absolute atomic E-state index is 0.109. The maximum absolute atomic E-state index is 10.7. The number of hydrogen-bond acceptors (Lipinski definition) is 4. The SMILES string of the molecule is CCC(C)N(C)CCNc1c(Cl)cc([N+](=O)[O-])cc1Cl. The zero-order valence-electron chi connectivity index (χ0n) is 11.8. The summed E-state index contributed by atoms with van der Waals surface area (Å²) in [5.74, 6) is 0. The molecule has 0 spiro atoms. The number of nitrogens with one attached hydrogen (secondary N) is 1. The van der Waals surface area contributed by atoms with Crippen LogP contribution >= 0.6 is 23.2 Å². The van der Waals surface area contributed by atoms with Gasteiger partial charge in [0, 0.05) is 31.3 Å². The van der Waals surface area contributed by atoms with E-state index in [9.17, 15) is 10.1 Å². The van der Waals surface area contributed by atoms with Gasteiger partial charge < -0.3 is 10.2 Å². The molecule has 20 heavy (non-hydrogen) atoms. The molecule has 0 saturated heterocycles. The van der Waals surface area contributed by atoms with Gasteiger partial charge in [-0.05, 0) is 20.4 Å². The molecule has 0 aromatic heterocycles. The maximum Gasteiger partial charge on any atom is 0.272 e. The topological polar surface area (TPSA) is 58.4 Å². The fraction of sp³-hybridized carbons (Fsp3) is 0.538. The first kappa shape index (κ1) is 17.0. The lowest BCUT2D eigenvalue weighted by Gasteiger charge is -2.23. The van der Waals surface area contributed by atoms with Gasteiger partial charge in [0.15, 0.2) is 0 Å². The molecule has 0 bridgehead atoms. The first-order chi connectivity index (χ1) is 9.36. The van der Waals surface area contributed by atoms with Crippen molar-refractivity contribution in [3.63, 3.8) is 0 Å². The van der Waals surface area contributed by atoms with Gasteiger partial charge in [-0.25, -0.2) is 0 Å². The number of nitro benzene ring substituents is 1. The number of nitrogens with zero attached hydrogens (tertiary/aromatic N) is 2. The van der Waals surface area contributed by atoms with Crippen LogP contribution in [0, 0.1) is 10.1 Å². The zero-order chi connectivity index (χ0) is 15.3. The molecule has 1 aromatic rings. The molecule has 0 fully saturated rings. The molecule has 1 N–H and O–H groups in total. The van der Waals surface area contributed by atoms with E-state index in [2.05, 4.69) is 31.1 Å². The fourth-order valence-corrected chi connectivity index (χ4v) is 2.33. The van der Waals surface area contributed by atoms with Crippen molar-refractivity contribution in [3.05, 3.63) is 32.3 Å². The molecule has 0 aliphatic rings. The second-order valence-corrected chi connectivity index (χ2v) is 5.52. The number of anilines is 1. The number of non-ortho nitro benzene ring substituents is 1. The van der Waals surface area contributed by atoms with Crippen LogP contribution in [-0.4, -0.2) is 36.0 Å². The van der Waals surface area contributed by atoms with Crippen LogP contribution in [0.5, 0.6) is 0 Å². The van der Waals surface area contributed by atoms with Gasteiger partial charge in [0.1, 0.15) is 0 Å². The monoisotopic (exact) mass is 319 g/mol. The average Bonchev–Trinajstić information content (AvgIpc) is 2.40. The van der Waals surface area contributed by atoms with Crippen molar-refractivity contribution >= 4 is 34.6 Å². The van der Waals surface area contributed by atoms with Crippen molar-refractivity contribution in [3.8, 4) is 0 Å². The Morgan fingerprint density at radius 3 is 2.40 bits per heavy atom. The second-order valence-electron chi connectivity index (χ2n) is 4.71. The van der Waals surface area contributed by atoms with E-state index in [1.54, 1.807) is 0 Å². The van der Waals surface area contributed by atoms with Gasteiger partial charge in [-0.1, -0.05) is 30.1 Å². The van der Waals surface area contributed by atoms with E-state index in [-0.39, 0.29) is 15.7 Å². The summed E-state index contributed by atoms with van der Waals surface area (Å²) >= 11 is 12.0. The highest BCUT2D eigenvalue weighted by Crippen LogP contribution is 2.34. The van der Waals surface area contributed by atoms with E-state index < -0.39 is 4.92 Å². The Labute approximate surface area is 129 Å². The Kier molecular flexibility index (Phi) is 6.52. The molecule has 0 saturated carbocycles. The van der Waals surface area contributed by atoms with Crippen LogP contribution in [0.25, 0.3) is 0 Å². The van der Waals surface area contributed by atoms with Crippen molar-refractivity contribution in [2.75, 3.05) is 25.5 Å². The summed E-state index contributed by atoms with van der Waals surface area (Å²) in [6, 6.07) is 3.10. The fourth-order valence-electron chi connectivity index (χ4n) is 1.72. The zero-order valence-corrected chi connectivity index (χ0v) is 13.3. The van der Waals surface area contributed by atoms with E-state index in [0.29, 0.717) is 18.3 Å². The molecule has 1 aromatic carbocycles. The first-order valence-electron chi connectivity index (χ1n) is 6.44.